The van der Waals surface area contributed by atoms with Gasteiger partial charge in [0.15, 0.2) is 0 Å². The molecule has 0 aromatic rings. The second-order valence-corrected chi connectivity index (χ2v) is 4.44. The number of rotatable bonds is 6. The molecule has 0 bridgehead atoms. The third-order valence-electron chi connectivity index (χ3n) is 1.31. The van der Waals surface area contributed by atoms with Crippen molar-refractivity contribution < 1.29 is 13.0 Å². The summed E-state index contributed by atoms with van der Waals surface area (Å²) in [6.45, 7) is 0. The molecule has 0 aliphatic heterocycles. The van der Waals surface area contributed by atoms with Gasteiger partial charge in [-0.25, -0.2) is 0 Å². The standard InChI is InChI=1S/C6H14O3S2.Na.H/c7-11(8,9)6-4-2-1-3-5-10;;/h10H,1-6H2,(H,7,8,9);;. The molecule has 12 heavy (non-hydrogen) atoms. The predicted molar refractivity (Wildman–Crippen MR) is 55.9 cm³/mol. The van der Waals surface area contributed by atoms with Gasteiger partial charge in [0, 0.05) is 0 Å². The quantitative estimate of drug-likeness (QED) is 0.301. The number of thiol groups is 1. The summed E-state index contributed by atoms with van der Waals surface area (Å²) >= 11 is 4.01. The minimum absolute atomic E-state index is 0. The molecule has 0 aromatic heterocycles. The molecule has 0 heterocycles. The van der Waals surface area contributed by atoms with Crippen LogP contribution >= 0.6 is 12.6 Å². The van der Waals surface area contributed by atoms with E-state index in [9.17, 15) is 8.42 Å². The summed E-state index contributed by atoms with van der Waals surface area (Å²) in [5.41, 5.74) is 0. The second kappa shape index (κ2) is 8.84. The van der Waals surface area contributed by atoms with Crippen molar-refractivity contribution in [2.75, 3.05) is 11.5 Å². The molecular weight excluding hydrogens is 207 g/mol. The van der Waals surface area contributed by atoms with Gasteiger partial charge < -0.3 is 0 Å². The van der Waals surface area contributed by atoms with Crippen LogP contribution < -0.4 is 0 Å². The van der Waals surface area contributed by atoms with Gasteiger partial charge in [0.1, 0.15) is 0 Å². The van der Waals surface area contributed by atoms with E-state index in [0.29, 0.717) is 6.42 Å². The van der Waals surface area contributed by atoms with Crippen LogP contribution in [0, 0.1) is 0 Å². The van der Waals surface area contributed by atoms with Crippen LogP contribution in [0.4, 0.5) is 0 Å². The first kappa shape index (κ1) is 15.7. The number of hydrogen-bond acceptors (Lipinski definition) is 3. The Balaban J connectivity index is 0. The van der Waals surface area contributed by atoms with Gasteiger partial charge in [0.05, 0.1) is 5.75 Å². The van der Waals surface area contributed by atoms with Crippen molar-refractivity contribution in [2.24, 2.45) is 0 Å². The molecule has 70 valence electrons. The third-order valence-corrected chi connectivity index (χ3v) is 2.43. The van der Waals surface area contributed by atoms with Gasteiger partial charge in [-0.15, -0.1) is 0 Å². The van der Waals surface area contributed by atoms with Crippen molar-refractivity contribution >= 4 is 52.3 Å². The van der Waals surface area contributed by atoms with E-state index in [0.717, 1.165) is 25.0 Å². The molecule has 0 saturated heterocycles. The molecule has 0 spiro atoms. The van der Waals surface area contributed by atoms with Crippen LogP contribution in [-0.2, 0) is 10.1 Å². The molecule has 0 unspecified atom stereocenters. The molecule has 0 aliphatic rings. The number of hydrogen-bond donors (Lipinski definition) is 2. The predicted octanol–water partition coefficient (Wildman–Crippen LogP) is 0.716. The zero-order valence-electron chi connectivity index (χ0n) is 6.36. The summed E-state index contributed by atoms with van der Waals surface area (Å²) < 4.78 is 28.7. The van der Waals surface area contributed by atoms with Gasteiger partial charge in [0.25, 0.3) is 10.1 Å². The Kier molecular flexibility index (Phi) is 11.6. The molecule has 0 rings (SSSR count). The summed E-state index contributed by atoms with van der Waals surface area (Å²) in [6.07, 6.45) is 3.39. The fourth-order valence-corrected chi connectivity index (χ4v) is 1.54. The van der Waals surface area contributed by atoms with E-state index in [1.165, 1.54) is 0 Å². The Hall–Kier alpha value is 1.26. The van der Waals surface area contributed by atoms with Crippen LogP contribution in [0.1, 0.15) is 25.7 Å². The maximum atomic E-state index is 10.2. The number of unbranched alkanes of at least 4 members (excludes halogenated alkanes) is 3. The molecule has 0 aliphatic carbocycles. The SMILES string of the molecule is O=S(=O)(O)CCCCCCS.[NaH]. The van der Waals surface area contributed by atoms with Crippen molar-refractivity contribution in [1.29, 1.82) is 0 Å². The molecule has 0 atom stereocenters. The van der Waals surface area contributed by atoms with Crippen LogP contribution in [0.3, 0.4) is 0 Å². The molecule has 1 N–H and O–H groups in total. The molecule has 0 radical (unpaired) electrons. The topological polar surface area (TPSA) is 54.4 Å². The van der Waals surface area contributed by atoms with Crippen LogP contribution in [0.5, 0.6) is 0 Å². The van der Waals surface area contributed by atoms with E-state index in [2.05, 4.69) is 12.6 Å². The monoisotopic (exact) mass is 222 g/mol. The Morgan fingerprint density at radius 3 is 2.00 bits per heavy atom. The molecule has 6 heteroatoms. The first-order valence-corrected chi connectivity index (χ1v) is 5.86. The van der Waals surface area contributed by atoms with Crippen molar-refractivity contribution in [1.82, 2.24) is 0 Å². The van der Waals surface area contributed by atoms with E-state index in [4.69, 9.17) is 4.55 Å². The van der Waals surface area contributed by atoms with Crippen LogP contribution in [-0.4, -0.2) is 54.0 Å². The molecule has 0 aromatic carbocycles. The summed E-state index contributed by atoms with van der Waals surface area (Å²) in [5.74, 6) is 0.728. The van der Waals surface area contributed by atoms with Gasteiger partial charge in [-0.1, -0.05) is 12.8 Å². The van der Waals surface area contributed by atoms with E-state index in [1.54, 1.807) is 0 Å². The molecule has 0 amide bonds. The van der Waals surface area contributed by atoms with Gasteiger partial charge in [-0.2, -0.15) is 21.0 Å². The summed E-state index contributed by atoms with van der Waals surface area (Å²) in [5, 5.41) is 0. The summed E-state index contributed by atoms with van der Waals surface area (Å²) in [4.78, 5) is 0. The average molecular weight is 222 g/mol. The van der Waals surface area contributed by atoms with Gasteiger partial charge in [0.2, 0.25) is 0 Å². The van der Waals surface area contributed by atoms with Gasteiger partial charge in [-0.05, 0) is 18.6 Å². The summed E-state index contributed by atoms with van der Waals surface area (Å²) in [6, 6.07) is 0. The maximum absolute atomic E-state index is 10.2. The van der Waals surface area contributed by atoms with Crippen molar-refractivity contribution in [3.63, 3.8) is 0 Å². The third kappa shape index (κ3) is 13.8. The fourth-order valence-electron chi connectivity index (χ4n) is 0.750. The van der Waals surface area contributed by atoms with Gasteiger partial charge >= 0.3 is 29.6 Å². The van der Waals surface area contributed by atoms with E-state index < -0.39 is 10.1 Å². The molecule has 0 fully saturated rings. The first-order valence-electron chi connectivity index (χ1n) is 3.62. The second-order valence-electron chi connectivity index (χ2n) is 2.42. The van der Waals surface area contributed by atoms with Gasteiger partial charge in [-0.3, -0.25) is 4.55 Å². The molecular formula is C6H15NaO3S2. The van der Waals surface area contributed by atoms with Crippen LogP contribution in [0.15, 0.2) is 0 Å². The van der Waals surface area contributed by atoms with Crippen LogP contribution in [0.2, 0.25) is 0 Å². The summed E-state index contributed by atoms with van der Waals surface area (Å²) in [7, 11) is -3.73. The Bertz CT molecular complexity index is 179. The minimum atomic E-state index is -3.73. The normalized spacial score (nSPS) is 10.8. The zero-order valence-corrected chi connectivity index (χ0v) is 8.07. The molecule has 3 nitrogen and oxygen atoms in total. The average Bonchev–Trinajstić information content (AvgIpc) is 1.85. The van der Waals surface area contributed by atoms with E-state index in [-0.39, 0.29) is 35.3 Å². The first-order chi connectivity index (χ1) is 5.06. The Morgan fingerprint density at radius 1 is 1.08 bits per heavy atom. The van der Waals surface area contributed by atoms with E-state index >= 15 is 0 Å². The van der Waals surface area contributed by atoms with Crippen molar-refractivity contribution in [3.8, 4) is 0 Å². The Labute approximate surface area is 102 Å². The van der Waals surface area contributed by atoms with Crippen molar-refractivity contribution in [3.05, 3.63) is 0 Å². The van der Waals surface area contributed by atoms with E-state index in [1.807, 2.05) is 0 Å². The fraction of sp³-hybridized carbons (Fsp3) is 1.00. The molecule has 0 saturated carbocycles. The van der Waals surface area contributed by atoms with Crippen LogP contribution in [0.25, 0.3) is 0 Å². The zero-order chi connectivity index (χ0) is 8.74. The Morgan fingerprint density at radius 2 is 1.58 bits per heavy atom. The van der Waals surface area contributed by atoms with Crippen molar-refractivity contribution in [2.45, 2.75) is 25.7 Å².